The van der Waals surface area contributed by atoms with Gasteiger partial charge < -0.3 is 20.1 Å². The Morgan fingerprint density at radius 3 is 2.47 bits per heavy atom. The summed E-state index contributed by atoms with van der Waals surface area (Å²) in [5, 5.41) is 0. The van der Waals surface area contributed by atoms with E-state index in [-0.39, 0.29) is 18.0 Å². The van der Waals surface area contributed by atoms with E-state index in [0.717, 1.165) is 0 Å². The fourth-order valence-corrected chi connectivity index (χ4v) is 2.02. The lowest BCUT2D eigenvalue weighted by molar-refractivity contribution is -0.150. The number of likely N-dealkylation sites (tertiary alicyclic amines) is 1. The zero-order valence-electron chi connectivity index (χ0n) is 12.1. The average molecular weight is 272 g/mol. The van der Waals surface area contributed by atoms with Crippen LogP contribution >= 0.6 is 0 Å². The van der Waals surface area contributed by atoms with Crippen molar-refractivity contribution in [2.24, 2.45) is 11.7 Å². The van der Waals surface area contributed by atoms with E-state index in [1.807, 2.05) is 20.8 Å². The van der Waals surface area contributed by atoms with Crippen LogP contribution in [-0.2, 0) is 14.3 Å². The van der Waals surface area contributed by atoms with Crippen LogP contribution < -0.4 is 5.73 Å². The smallest absolute Gasteiger partial charge is 0.410 e. The number of carbonyl (C=O) groups is 2. The Labute approximate surface area is 114 Å². The highest BCUT2D eigenvalue weighted by Gasteiger charge is 2.35. The fraction of sp³-hybridized carbons (Fsp3) is 0.846. The summed E-state index contributed by atoms with van der Waals surface area (Å²) in [6.07, 6.45) is 0.129. The van der Waals surface area contributed by atoms with E-state index in [0.29, 0.717) is 26.1 Å². The molecular weight excluding hydrogens is 248 g/mol. The normalized spacial score (nSPS) is 23.9. The number of carbonyl (C=O) groups excluding carboxylic acids is 2. The number of hydrogen-bond donors (Lipinski definition) is 1. The Hall–Kier alpha value is -1.30. The standard InChI is InChI=1S/C13H24N2O4/c1-5-18-11(16)9-6-7-15(8-10(9)14)12(17)19-13(2,3)4/h9-10H,5-8,14H2,1-4H3/t9-,10-/m1/s1. The van der Waals surface area contributed by atoms with Gasteiger partial charge in [-0.15, -0.1) is 0 Å². The third-order valence-electron chi connectivity index (χ3n) is 2.90. The molecule has 6 nitrogen and oxygen atoms in total. The molecule has 0 spiro atoms. The summed E-state index contributed by atoms with van der Waals surface area (Å²) in [5.74, 6) is -0.613. The van der Waals surface area contributed by atoms with Crippen molar-refractivity contribution in [3.8, 4) is 0 Å². The van der Waals surface area contributed by atoms with Gasteiger partial charge in [-0.25, -0.2) is 4.79 Å². The third-order valence-corrected chi connectivity index (χ3v) is 2.90. The first-order chi connectivity index (χ1) is 8.74. The van der Waals surface area contributed by atoms with Gasteiger partial charge >= 0.3 is 12.1 Å². The van der Waals surface area contributed by atoms with Crippen LogP contribution in [0.1, 0.15) is 34.1 Å². The number of esters is 1. The average Bonchev–Trinajstić information content (AvgIpc) is 2.26. The lowest BCUT2D eigenvalue weighted by Crippen LogP contribution is -2.53. The molecule has 110 valence electrons. The quantitative estimate of drug-likeness (QED) is 0.762. The first-order valence-electron chi connectivity index (χ1n) is 6.64. The maximum absolute atomic E-state index is 11.9. The molecule has 0 saturated carbocycles. The van der Waals surface area contributed by atoms with E-state index in [1.54, 1.807) is 11.8 Å². The van der Waals surface area contributed by atoms with Gasteiger partial charge in [0, 0.05) is 19.1 Å². The second-order valence-electron chi connectivity index (χ2n) is 5.74. The maximum Gasteiger partial charge on any atom is 0.410 e. The minimum atomic E-state index is -0.529. The first kappa shape index (κ1) is 15.8. The molecule has 1 aliphatic rings. The third kappa shape index (κ3) is 4.70. The monoisotopic (exact) mass is 272 g/mol. The Morgan fingerprint density at radius 1 is 1.37 bits per heavy atom. The molecule has 1 rings (SSSR count). The molecule has 0 bridgehead atoms. The molecule has 1 amide bonds. The minimum Gasteiger partial charge on any atom is -0.466 e. The summed E-state index contributed by atoms with van der Waals surface area (Å²) in [6, 6.07) is -0.402. The van der Waals surface area contributed by atoms with Gasteiger partial charge in [-0.3, -0.25) is 4.79 Å². The molecule has 0 aromatic heterocycles. The number of piperidine rings is 1. The second kappa shape index (κ2) is 6.23. The zero-order valence-corrected chi connectivity index (χ0v) is 12.1. The van der Waals surface area contributed by atoms with Crippen LogP contribution in [0, 0.1) is 5.92 Å². The maximum atomic E-state index is 11.9. The van der Waals surface area contributed by atoms with E-state index in [2.05, 4.69) is 0 Å². The highest BCUT2D eigenvalue weighted by molar-refractivity contribution is 5.74. The first-order valence-corrected chi connectivity index (χ1v) is 6.64. The van der Waals surface area contributed by atoms with E-state index < -0.39 is 11.6 Å². The Balaban J connectivity index is 2.54. The Kier molecular flexibility index (Phi) is 5.17. The SMILES string of the molecule is CCOC(=O)[C@@H]1CCN(C(=O)OC(C)(C)C)C[C@H]1N. The lowest BCUT2D eigenvalue weighted by atomic mass is 9.92. The molecule has 0 aromatic carbocycles. The molecule has 1 fully saturated rings. The number of amides is 1. The summed E-state index contributed by atoms with van der Waals surface area (Å²) in [4.78, 5) is 25.1. The molecule has 2 atom stereocenters. The molecule has 0 aliphatic carbocycles. The van der Waals surface area contributed by atoms with Crippen molar-refractivity contribution in [2.45, 2.75) is 45.8 Å². The van der Waals surface area contributed by atoms with Crippen LogP contribution in [0.3, 0.4) is 0 Å². The second-order valence-corrected chi connectivity index (χ2v) is 5.74. The zero-order chi connectivity index (χ0) is 14.6. The van der Waals surface area contributed by atoms with E-state index in [9.17, 15) is 9.59 Å². The number of rotatable bonds is 2. The van der Waals surface area contributed by atoms with Crippen molar-refractivity contribution >= 4 is 12.1 Å². The van der Waals surface area contributed by atoms with E-state index in [1.165, 1.54) is 0 Å². The van der Waals surface area contributed by atoms with Crippen molar-refractivity contribution in [3.63, 3.8) is 0 Å². The van der Waals surface area contributed by atoms with Crippen molar-refractivity contribution in [2.75, 3.05) is 19.7 Å². The van der Waals surface area contributed by atoms with Crippen LogP contribution in [0.5, 0.6) is 0 Å². The molecule has 1 aliphatic heterocycles. The van der Waals surface area contributed by atoms with Crippen LogP contribution in [0.25, 0.3) is 0 Å². The molecule has 6 heteroatoms. The number of ether oxygens (including phenoxy) is 2. The van der Waals surface area contributed by atoms with Gasteiger partial charge in [0.15, 0.2) is 0 Å². The van der Waals surface area contributed by atoms with Gasteiger partial charge in [-0.1, -0.05) is 0 Å². The van der Waals surface area contributed by atoms with Crippen LogP contribution in [-0.4, -0.2) is 48.3 Å². The predicted octanol–water partition coefficient (Wildman–Crippen LogP) is 1.13. The van der Waals surface area contributed by atoms with Crippen LogP contribution in [0.2, 0.25) is 0 Å². The van der Waals surface area contributed by atoms with E-state index >= 15 is 0 Å². The van der Waals surface area contributed by atoms with Crippen molar-refractivity contribution in [1.82, 2.24) is 4.90 Å². The largest absolute Gasteiger partial charge is 0.466 e. The Morgan fingerprint density at radius 2 is 2.00 bits per heavy atom. The van der Waals surface area contributed by atoms with Gasteiger partial charge in [-0.2, -0.15) is 0 Å². The minimum absolute atomic E-state index is 0.279. The van der Waals surface area contributed by atoms with Gasteiger partial charge in [-0.05, 0) is 34.1 Å². The topological polar surface area (TPSA) is 81.9 Å². The van der Waals surface area contributed by atoms with Crippen LogP contribution in [0.4, 0.5) is 4.79 Å². The lowest BCUT2D eigenvalue weighted by Gasteiger charge is -2.36. The molecule has 0 unspecified atom stereocenters. The highest BCUT2D eigenvalue weighted by atomic mass is 16.6. The molecule has 1 heterocycles. The fourth-order valence-electron chi connectivity index (χ4n) is 2.02. The van der Waals surface area contributed by atoms with Gasteiger partial charge in [0.1, 0.15) is 5.60 Å². The summed E-state index contributed by atoms with van der Waals surface area (Å²) >= 11 is 0. The predicted molar refractivity (Wildman–Crippen MR) is 70.5 cm³/mol. The van der Waals surface area contributed by atoms with Gasteiger partial charge in [0.25, 0.3) is 0 Å². The summed E-state index contributed by atoms with van der Waals surface area (Å²) in [6.45, 7) is 8.34. The molecule has 19 heavy (non-hydrogen) atoms. The van der Waals surface area contributed by atoms with Crippen molar-refractivity contribution in [1.29, 1.82) is 0 Å². The van der Waals surface area contributed by atoms with Crippen molar-refractivity contribution in [3.05, 3.63) is 0 Å². The summed E-state index contributed by atoms with van der Waals surface area (Å²) < 4.78 is 10.3. The van der Waals surface area contributed by atoms with E-state index in [4.69, 9.17) is 15.2 Å². The van der Waals surface area contributed by atoms with Crippen molar-refractivity contribution < 1.29 is 19.1 Å². The van der Waals surface area contributed by atoms with Gasteiger partial charge in [0.2, 0.25) is 0 Å². The summed E-state index contributed by atoms with van der Waals surface area (Å²) in [7, 11) is 0. The molecule has 0 radical (unpaired) electrons. The van der Waals surface area contributed by atoms with Crippen LogP contribution in [0.15, 0.2) is 0 Å². The number of nitrogens with zero attached hydrogens (tertiary/aromatic N) is 1. The molecule has 2 N–H and O–H groups in total. The molecule has 1 saturated heterocycles. The highest BCUT2D eigenvalue weighted by Crippen LogP contribution is 2.20. The van der Waals surface area contributed by atoms with Gasteiger partial charge in [0.05, 0.1) is 12.5 Å². The number of hydrogen-bond acceptors (Lipinski definition) is 5. The summed E-state index contributed by atoms with van der Waals surface area (Å²) in [5.41, 5.74) is 5.42. The number of nitrogens with two attached hydrogens (primary N) is 1. The molecular formula is C13H24N2O4. The molecule has 0 aromatic rings. The Bertz CT molecular complexity index is 338.